The first-order chi connectivity index (χ1) is 10.3. The average molecular weight is 295 g/mol. The van der Waals surface area contributed by atoms with Crippen molar-refractivity contribution in [1.82, 2.24) is 4.98 Å². The maximum Gasteiger partial charge on any atom is 0.215 e. The van der Waals surface area contributed by atoms with Crippen LogP contribution in [-0.4, -0.2) is 4.98 Å². The minimum absolute atomic E-state index is 0.315. The van der Waals surface area contributed by atoms with E-state index in [2.05, 4.69) is 11.1 Å². The van der Waals surface area contributed by atoms with E-state index in [9.17, 15) is 5.26 Å². The number of pyridine rings is 1. The van der Waals surface area contributed by atoms with Crippen molar-refractivity contribution in [2.24, 2.45) is 0 Å². The lowest BCUT2D eigenvalue weighted by Crippen LogP contribution is -1.99. The number of ether oxygens (including phenoxy) is 1. The van der Waals surface area contributed by atoms with Crippen LogP contribution in [0.15, 0.2) is 54.6 Å². The molecule has 1 heterocycles. The molecular formula is C17H11ClN2O. The van der Waals surface area contributed by atoms with Gasteiger partial charge in [-0.1, -0.05) is 48.0 Å². The number of hydrogen-bond acceptors (Lipinski definition) is 3. The summed E-state index contributed by atoms with van der Waals surface area (Å²) < 4.78 is 5.68. The van der Waals surface area contributed by atoms with Crippen LogP contribution in [0, 0.1) is 11.3 Å². The monoisotopic (exact) mass is 294 g/mol. The molecule has 0 amide bonds. The zero-order chi connectivity index (χ0) is 14.7. The van der Waals surface area contributed by atoms with Crippen molar-refractivity contribution < 1.29 is 4.74 Å². The van der Waals surface area contributed by atoms with Gasteiger partial charge in [0.25, 0.3) is 0 Å². The molecule has 0 aliphatic heterocycles. The van der Waals surface area contributed by atoms with Crippen LogP contribution in [-0.2, 0) is 6.61 Å². The normalized spacial score (nSPS) is 10.3. The molecule has 0 aliphatic carbocycles. The Balaban J connectivity index is 1.91. The molecule has 0 unspecified atom stereocenters. The third-order valence-electron chi connectivity index (χ3n) is 3.15. The van der Waals surface area contributed by atoms with E-state index in [0.29, 0.717) is 23.1 Å². The first kappa shape index (κ1) is 13.4. The summed E-state index contributed by atoms with van der Waals surface area (Å²) in [4.78, 5) is 4.41. The van der Waals surface area contributed by atoms with Crippen LogP contribution >= 0.6 is 11.6 Å². The Hall–Kier alpha value is -2.57. The Morgan fingerprint density at radius 2 is 1.86 bits per heavy atom. The fraction of sp³-hybridized carbons (Fsp3) is 0.0588. The number of hydrogen-bond donors (Lipinski definition) is 0. The molecule has 21 heavy (non-hydrogen) atoms. The lowest BCUT2D eigenvalue weighted by atomic mass is 10.1. The van der Waals surface area contributed by atoms with E-state index in [1.807, 2.05) is 48.5 Å². The maximum atomic E-state index is 9.23. The van der Waals surface area contributed by atoms with E-state index < -0.39 is 0 Å². The highest BCUT2D eigenvalue weighted by molar-refractivity contribution is 6.31. The molecule has 3 aromatic rings. The first-order valence-corrected chi connectivity index (χ1v) is 6.82. The third-order valence-corrected chi connectivity index (χ3v) is 3.52. The summed E-state index contributed by atoms with van der Waals surface area (Å²) in [6.45, 7) is 0.315. The number of benzene rings is 2. The van der Waals surface area contributed by atoms with Crippen LogP contribution < -0.4 is 4.74 Å². The van der Waals surface area contributed by atoms with Crippen molar-refractivity contribution in [1.29, 1.82) is 5.26 Å². The minimum atomic E-state index is 0.315. The van der Waals surface area contributed by atoms with Crippen LogP contribution in [0.25, 0.3) is 10.9 Å². The number of aromatic nitrogens is 1. The van der Waals surface area contributed by atoms with Gasteiger partial charge in [0.2, 0.25) is 5.88 Å². The van der Waals surface area contributed by atoms with E-state index in [4.69, 9.17) is 16.3 Å². The van der Waals surface area contributed by atoms with E-state index in [-0.39, 0.29) is 0 Å². The molecule has 0 bridgehead atoms. The molecule has 0 spiro atoms. The summed E-state index contributed by atoms with van der Waals surface area (Å²) in [6, 6.07) is 18.8. The molecule has 1 aromatic heterocycles. The van der Waals surface area contributed by atoms with Crippen molar-refractivity contribution in [2.45, 2.75) is 6.61 Å². The Kier molecular flexibility index (Phi) is 3.72. The van der Waals surface area contributed by atoms with Crippen LogP contribution in [0.2, 0.25) is 5.02 Å². The highest BCUT2D eigenvalue weighted by Gasteiger charge is 2.07. The third kappa shape index (κ3) is 2.81. The summed E-state index contributed by atoms with van der Waals surface area (Å²) in [7, 11) is 0. The number of halogens is 1. The van der Waals surface area contributed by atoms with Gasteiger partial charge in [-0.05, 0) is 12.1 Å². The quantitative estimate of drug-likeness (QED) is 0.722. The zero-order valence-corrected chi connectivity index (χ0v) is 11.8. The molecule has 4 heteroatoms. The Morgan fingerprint density at radius 3 is 2.67 bits per heavy atom. The zero-order valence-electron chi connectivity index (χ0n) is 11.1. The van der Waals surface area contributed by atoms with Crippen LogP contribution in [0.4, 0.5) is 0 Å². The lowest BCUT2D eigenvalue weighted by molar-refractivity contribution is 0.295. The Bertz CT molecular complexity index is 840. The predicted molar refractivity (Wildman–Crippen MR) is 82.2 cm³/mol. The van der Waals surface area contributed by atoms with E-state index in [0.717, 1.165) is 16.5 Å². The van der Waals surface area contributed by atoms with Crippen molar-refractivity contribution >= 4 is 22.5 Å². The van der Waals surface area contributed by atoms with Gasteiger partial charge in [-0.3, -0.25) is 0 Å². The SMILES string of the molecule is N#Cc1cc(OCc2ccccc2Cl)nc2ccccc12. The molecule has 0 radical (unpaired) electrons. The van der Waals surface area contributed by atoms with Crippen LogP contribution in [0.1, 0.15) is 11.1 Å². The van der Waals surface area contributed by atoms with Gasteiger partial charge in [-0.15, -0.1) is 0 Å². The molecular weight excluding hydrogens is 284 g/mol. The topological polar surface area (TPSA) is 45.9 Å². The Morgan fingerprint density at radius 1 is 1.10 bits per heavy atom. The fourth-order valence-corrected chi connectivity index (χ4v) is 2.27. The molecule has 0 aliphatic rings. The first-order valence-electron chi connectivity index (χ1n) is 6.44. The minimum Gasteiger partial charge on any atom is -0.473 e. The van der Waals surface area contributed by atoms with E-state index in [1.165, 1.54) is 0 Å². The standard InChI is InChI=1S/C17H11ClN2O/c18-15-7-3-1-5-12(15)11-21-17-9-13(10-19)14-6-2-4-8-16(14)20-17/h1-9H,11H2. The van der Waals surface area contributed by atoms with E-state index in [1.54, 1.807) is 6.07 Å². The van der Waals surface area contributed by atoms with Crippen molar-refractivity contribution in [3.63, 3.8) is 0 Å². The molecule has 0 atom stereocenters. The van der Waals surface area contributed by atoms with Gasteiger partial charge in [0, 0.05) is 22.0 Å². The molecule has 0 saturated heterocycles. The maximum absolute atomic E-state index is 9.23. The van der Waals surface area contributed by atoms with Crippen LogP contribution in [0.5, 0.6) is 5.88 Å². The van der Waals surface area contributed by atoms with Gasteiger partial charge in [0.15, 0.2) is 0 Å². The number of para-hydroxylation sites is 1. The van der Waals surface area contributed by atoms with E-state index >= 15 is 0 Å². The number of nitriles is 1. The number of rotatable bonds is 3. The van der Waals surface area contributed by atoms with Crippen LogP contribution in [0.3, 0.4) is 0 Å². The average Bonchev–Trinajstić information content (AvgIpc) is 2.53. The van der Waals surface area contributed by atoms with Crippen molar-refractivity contribution in [3.8, 4) is 11.9 Å². The van der Waals surface area contributed by atoms with Gasteiger partial charge < -0.3 is 4.74 Å². The second-order valence-corrected chi connectivity index (χ2v) is 4.92. The summed E-state index contributed by atoms with van der Waals surface area (Å²) in [5.41, 5.74) is 2.17. The smallest absolute Gasteiger partial charge is 0.215 e. The predicted octanol–water partition coefficient (Wildman–Crippen LogP) is 4.34. The summed E-state index contributed by atoms with van der Waals surface area (Å²) in [5, 5.41) is 10.7. The number of nitrogens with zero attached hydrogens (tertiary/aromatic N) is 2. The molecule has 3 rings (SSSR count). The van der Waals surface area contributed by atoms with Gasteiger partial charge in [-0.25, -0.2) is 4.98 Å². The van der Waals surface area contributed by atoms with Crippen molar-refractivity contribution in [3.05, 3.63) is 70.7 Å². The lowest BCUT2D eigenvalue weighted by Gasteiger charge is -2.08. The second kappa shape index (κ2) is 5.82. The summed E-state index contributed by atoms with van der Waals surface area (Å²) in [5.74, 6) is 0.421. The fourth-order valence-electron chi connectivity index (χ4n) is 2.08. The molecule has 0 fully saturated rings. The van der Waals surface area contributed by atoms with Gasteiger partial charge in [0.05, 0.1) is 11.1 Å². The molecule has 2 aromatic carbocycles. The number of fused-ring (bicyclic) bond motifs is 1. The molecule has 3 nitrogen and oxygen atoms in total. The summed E-state index contributed by atoms with van der Waals surface area (Å²) in [6.07, 6.45) is 0. The molecule has 102 valence electrons. The van der Waals surface area contributed by atoms with Gasteiger partial charge >= 0.3 is 0 Å². The Labute approximate surface area is 127 Å². The summed E-state index contributed by atoms with van der Waals surface area (Å²) >= 11 is 6.09. The molecule has 0 N–H and O–H groups in total. The highest BCUT2D eigenvalue weighted by atomic mass is 35.5. The van der Waals surface area contributed by atoms with Crippen molar-refractivity contribution in [2.75, 3.05) is 0 Å². The second-order valence-electron chi connectivity index (χ2n) is 4.52. The van der Waals surface area contributed by atoms with Gasteiger partial charge in [0.1, 0.15) is 12.7 Å². The van der Waals surface area contributed by atoms with Gasteiger partial charge in [-0.2, -0.15) is 5.26 Å². The largest absolute Gasteiger partial charge is 0.473 e. The highest BCUT2D eigenvalue weighted by Crippen LogP contribution is 2.23. The molecule has 0 saturated carbocycles.